The molecule has 7 rings (SSSR count). The van der Waals surface area contributed by atoms with E-state index < -0.39 is 47.4 Å². The predicted molar refractivity (Wildman–Crippen MR) is 159 cm³/mol. The summed E-state index contributed by atoms with van der Waals surface area (Å²) in [6.45, 7) is -0.414. The highest BCUT2D eigenvalue weighted by molar-refractivity contribution is 6.12. The maximum Gasteiger partial charge on any atom is 0.343 e. The number of benzene rings is 2. The van der Waals surface area contributed by atoms with Crippen molar-refractivity contribution >= 4 is 35.5 Å². The molecule has 2 saturated heterocycles. The van der Waals surface area contributed by atoms with E-state index in [1.165, 1.54) is 9.80 Å². The van der Waals surface area contributed by atoms with Crippen LogP contribution in [-0.4, -0.2) is 99.0 Å². The van der Waals surface area contributed by atoms with Crippen LogP contribution in [0.15, 0.2) is 53.5 Å². The Balaban J connectivity index is 1.16. The fourth-order valence-corrected chi connectivity index (χ4v) is 7.45. The summed E-state index contributed by atoms with van der Waals surface area (Å²) < 4.78 is 0. The van der Waals surface area contributed by atoms with Crippen LogP contribution in [0.25, 0.3) is 0 Å². The number of nitrogens with one attached hydrogen (secondary N) is 3. The van der Waals surface area contributed by atoms with Crippen LogP contribution in [-0.2, 0) is 17.6 Å². The summed E-state index contributed by atoms with van der Waals surface area (Å²) in [6, 6.07) is 10.9. The van der Waals surface area contributed by atoms with Gasteiger partial charge in [-0.2, -0.15) is 0 Å². The lowest BCUT2D eigenvalue weighted by molar-refractivity contribution is -0.521. The zero-order valence-corrected chi connectivity index (χ0v) is 24.1. The van der Waals surface area contributed by atoms with Crippen molar-refractivity contribution in [1.82, 2.24) is 20.4 Å². The molecule has 0 radical (unpaired) electrons. The number of imide groups is 1. The van der Waals surface area contributed by atoms with Gasteiger partial charge in [0.05, 0.1) is 13.1 Å². The van der Waals surface area contributed by atoms with Crippen molar-refractivity contribution in [2.24, 2.45) is 16.5 Å². The van der Waals surface area contributed by atoms with Crippen LogP contribution in [0.1, 0.15) is 40.7 Å². The van der Waals surface area contributed by atoms with E-state index in [0.717, 1.165) is 48.1 Å². The highest BCUT2D eigenvalue weighted by Crippen LogP contribution is 2.41. The second-order valence-corrected chi connectivity index (χ2v) is 12.1. The van der Waals surface area contributed by atoms with E-state index in [9.17, 15) is 24.6 Å². The van der Waals surface area contributed by atoms with Gasteiger partial charge in [-0.1, -0.05) is 36.8 Å². The lowest BCUT2D eigenvalue weighted by Crippen LogP contribution is -2.90. The highest BCUT2D eigenvalue weighted by atomic mass is 16.5. The maximum absolute atomic E-state index is 13.7. The normalized spacial score (nSPS) is 28.9. The summed E-state index contributed by atoms with van der Waals surface area (Å²) in [5.74, 6) is -3.47. The number of nitrogens with two attached hydrogens (primary N) is 2. The molecule has 2 aromatic rings. The molecule has 1 spiro atoms. The van der Waals surface area contributed by atoms with E-state index in [4.69, 9.17) is 11.5 Å². The number of aryl methyl sites for hydroxylation is 1. The molecule has 0 bridgehead atoms. The zero-order chi connectivity index (χ0) is 30.8. The molecule has 4 amide bonds. The second-order valence-electron chi connectivity index (χ2n) is 12.1. The number of amides is 4. The first-order valence-corrected chi connectivity index (χ1v) is 14.9. The van der Waals surface area contributed by atoms with E-state index in [-0.39, 0.29) is 31.6 Å². The van der Waals surface area contributed by atoms with Crippen LogP contribution in [0.2, 0.25) is 0 Å². The lowest BCUT2D eigenvalue weighted by Gasteiger charge is -2.46. The third-order valence-electron chi connectivity index (χ3n) is 9.57. The van der Waals surface area contributed by atoms with Gasteiger partial charge in [0.15, 0.2) is 12.0 Å². The number of guanidine groups is 2. The number of urea groups is 1. The fourth-order valence-electron chi connectivity index (χ4n) is 7.45. The molecule has 14 nitrogen and oxygen atoms in total. The second kappa shape index (κ2) is 10.2. The summed E-state index contributed by atoms with van der Waals surface area (Å²) >= 11 is 0. The summed E-state index contributed by atoms with van der Waals surface area (Å²) in [5, 5.41) is 29.5. The van der Waals surface area contributed by atoms with Crippen LogP contribution in [0.5, 0.6) is 0 Å². The van der Waals surface area contributed by atoms with E-state index in [1.807, 2.05) is 18.2 Å². The van der Waals surface area contributed by atoms with Gasteiger partial charge in [-0.15, -0.1) is 0 Å². The average molecular weight is 603 g/mol. The number of rotatable bonds is 5. The van der Waals surface area contributed by atoms with Crippen LogP contribution in [0, 0.1) is 0 Å². The Kier molecular flexibility index (Phi) is 6.51. The highest BCUT2D eigenvalue weighted by Gasteiger charge is 2.76. The largest absolute Gasteiger partial charge is 0.370 e. The third kappa shape index (κ3) is 4.12. The Bertz CT molecular complexity index is 1590. The molecule has 4 atom stereocenters. The van der Waals surface area contributed by atoms with Crippen LogP contribution < -0.4 is 32.0 Å². The van der Waals surface area contributed by atoms with E-state index in [2.05, 4.69) is 20.6 Å². The molecule has 0 saturated carbocycles. The molecular weight excluding hydrogens is 566 g/mol. The summed E-state index contributed by atoms with van der Waals surface area (Å²) in [5.41, 5.74) is 14.1. The molecule has 1 aliphatic carbocycles. The Morgan fingerprint density at radius 1 is 1.07 bits per heavy atom. The number of fused-ring (bicyclic) bond motifs is 1. The number of carbonyl (C=O) groups excluding carboxylic acids is 3. The molecule has 4 heterocycles. The first kappa shape index (κ1) is 28.1. The van der Waals surface area contributed by atoms with Gasteiger partial charge in [0.25, 0.3) is 17.5 Å². The van der Waals surface area contributed by atoms with Crippen molar-refractivity contribution in [3.05, 3.63) is 65.2 Å². The number of carbonyl (C=O) groups is 3. The van der Waals surface area contributed by atoms with Crippen LogP contribution in [0.3, 0.4) is 0 Å². The zero-order valence-electron chi connectivity index (χ0n) is 24.1. The fraction of sp³-hybridized carbons (Fsp3) is 0.433. The Morgan fingerprint density at radius 2 is 1.84 bits per heavy atom. The summed E-state index contributed by atoms with van der Waals surface area (Å²) in [7, 11) is 0. The number of aliphatic imine (C=N–C) groups is 1. The molecule has 9 N–H and O–H groups in total. The molecule has 44 heavy (non-hydrogen) atoms. The SMILES string of the molecule is NC1=N[C@@H](CN2C(=O)CN(c3ccccc3)C2=O)[C@@H]2[NH+]=C(N)N[C@]23N1CC(NC(=O)c1cccc2c1CCCCC2)C3(O)O. The predicted octanol–water partition coefficient (Wildman–Crippen LogP) is -2.72. The molecule has 5 aliphatic rings. The molecule has 230 valence electrons. The van der Waals surface area contributed by atoms with Gasteiger partial charge in [0, 0.05) is 11.3 Å². The molecule has 1 unspecified atom stereocenters. The van der Waals surface area contributed by atoms with E-state index in [1.54, 1.807) is 30.3 Å². The summed E-state index contributed by atoms with van der Waals surface area (Å²) in [4.78, 5) is 51.6. The number of hydrogen-bond donors (Lipinski definition) is 7. The quantitative estimate of drug-likeness (QED) is 0.108. The summed E-state index contributed by atoms with van der Waals surface area (Å²) in [6.07, 6.45) is 4.80. The van der Waals surface area contributed by atoms with Crippen molar-refractivity contribution in [2.75, 3.05) is 24.5 Å². The van der Waals surface area contributed by atoms with Gasteiger partial charge in [-0.25, -0.2) is 15.1 Å². The van der Waals surface area contributed by atoms with Crippen molar-refractivity contribution in [3.63, 3.8) is 0 Å². The molecule has 4 aliphatic heterocycles. The van der Waals surface area contributed by atoms with Crippen molar-refractivity contribution in [3.8, 4) is 0 Å². The Labute approximate surface area is 253 Å². The van der Waals surface area contributed by atoms with Gasteiger partial charge in [0.2, 0.25) is 5.79 Å². The van der Waals surface area contributed by atoms with Gasteiger partial charge < -0.3 is 21.3 Å². The third-order valence-corrected chi connectivity index (χ3v) is 9.57. The molecule has 0 aromatic heterocycles. The van der Waals surface area contributed by atoms with Crippen molar-refractivity contribution in [2.45, 2.75) is 61.7 Å². The van der Waals surface area contributed by atoms with Gasteiger partial charge in [0.1, 0.15) is 18.6 Å². The minimum atomic E-state index is -2.61. The molecule has 2 aromatic carbocycles. The number of para-hydroxylation sites is 1. The minimum absolute atomic E-state index is 0.0349. The average Bonchev–Trinajstić information content (AvgIpc) is 3.48. The van der Waals surface area contributed by atoms with E-state index in [0.29, 0.717) is 11.3 Å². The van der Waals surface area contributed by atoms with Gasteiger partial charge >= 0.3 is 12.0 Å². The first-order valence-electron chi connectivity index (χ1n) is 14.9. The number of hydrogen-bond acceptors (Lipinski definition) is 10. The van der Waals surface area contributed by atoms with E-state index >= 15 is 0 Å². The molecule has 2 fully saturated rings. The number of nitrogens with zero attached hydrogens (tertiary/aromatic N) is 4. The van der Waals surface area contributed by atoms with Gasteiger partial charge in [-0.3, -0.25) is 35.0 Å². The number of anilines is 1. The Hall–Kier alpha value is -4.69. The minimum Gasteiger partial charge on any atom is -0.370 e. The lowest BCUT2D eigenvalue weighted by atomic mass is 9.84. The molecule has 14 heteroatoms. The Morgan fingerprint density at radius 3 is 2.64 bits per heavy atom. The molecular formula is C30H36N9O5+. The smallest absolute Gasteiger partial charge is 0.343 e. The van der Waals surface area contributed by atoms with Gasteiger partial charge in [-0.05, 0) is 55.0 Å². The van der Waals surface area contributed by atoms with Crippen LogP contribution in [0.4, 0.5) is 10.5 Å². The van der Waals surface area contributed by atoms with Crippen LogP contribution >= 0.6 is 0 Å². The maximum atomic E-state index is 13.7. The van der Waals surface area contributed by atoms with Crippen molar-refractivity contribution in [1.29, 1.82) is 0 Å². The number of aliphatic hydroxyl groups is 2. The topological polar surface area (TPSA) is 204 Å². The first-order chi connectivity index (χ1) is 21.1. The standard InChI is InChI=1S/C30H35N9O5/c31-26-35-24-21(14-38-23(40)16-37(28(38)42)18-10-4-2-5-11-18)33-27(32)39-15-22(30(43,44)29(24,39)36-26)34-25(41)20-13-7-9-17-8-3-1-6-12-19(17)20/h2,4-5,7,9-11,13,21-22,24,43-44H,1,3,6,8,12,14-16H2,(H2,32,33)(H,34,41)(H3,31,35,36)/p+1/t21-,22?,24-,29-/m0/s1. The monoisotopic (exact) mass is 602 g/mol. The van der Waals surface area contributed by atoms with Crippen molar-refractivity contribution < 1.29 is 29.6 Å².